The van der Waals surface area contributed by atoms with E-state index in [1.54, 1.807) is 35.9 Å². The molecule has 1 amide bonds. The van der Waals surface area contributed by atoms with Gasteiger partial charge < -0.3 is 20.3 Å². The van der Waals surface area contributed by atoms with Crippen molar-refractivity contribution in [1.29, 1.82) is 0 Å². The van der Waals surface area contributed by atoms with E-state index in [2.05, 4.69) is 30.6 Å². The van der Waals surface area contributed by atoms with Gasteiger partial charge in [-0.1, -0.05) is 12.1 Å². The first kappa shape index (κ1) is 24.8. The summed E-state index contributed by atoms with van der Waals surface area (Å²) in [4.78, 5) is 36.4. The quantitative estimate of drug-likeness (QED) is 0.347. The number of carbonyl (C=O) groups excluding carboxylic acids is 2. The zero-order chi connectivity index (χ0) is 24.7. The van der Waals surface area contributed by atoms with Gasteiger partial charge in [-0.05, 0) is 66.0 Å². The Morgan fingerprint density at radius 3 is 2.59 bits per heavy atom. The SMILES string of the molecule is CCOC(=O)c1cnc(-n2nc(C)cc2C)nc1Nc1ccccc1C(=O)NCCCN(C)C. The number of esters is 1. The van der Waals surface area contributed by atoms with Gasteiger partial charge in [0.1, 0.15) is 5.56 Å². The summed E-state index contributed by atoms with van der Waals surface area (Å²) in [6, 6.07) is 8.98. The predicted molar refractivity (Wildman–Crippen MR) is 130 cm³/mol. The van der Waals surface area contributed by atoms with Crippen LogP contribution in [0.1, 0.15) is 45.4 Å². The zero-order valence-electron chi connectivity index (χ0n) is 20.3. The first-order chi connectivity index (χ1) is 16.3. The molecule has 3 aromatic rings. The van der Waals surface area contributed by atoms with Gasteiger partial charge in [0.25, 0.3) is 11.9 Å². The molecule has 0 radical (unpaired) electrons. The molecule has 0 saturated heterocycles. The summed E-state index contributed by atoms with van der Waals surface area (Å²) >= 11 is 0. The predicted octanol–water partition coefficient (Wildman–Crippen LogP) is 2.88. The molecule has 3 rings (SSSR count). The lowest BCUT2D eigenvalue weighted by Crippen LogP contribution is -2.27. The Kier molecular flexibility index (Phi) is 8.31. The third kappa shape index (κ3) is 6.16. The molecule has 0 saturated carbocycles. The summed E-state index contributed by atoms with van der Waals surface area (Å²) in [5.41, 5.74) is 2.78. The Labute approximate surface area is 199 Å². The molecule has 0 aliphatic rings. The minimum absolute atomic E-state index is 0.160. The van der Waals surface area contributed by atoms with Crippen molar-refractivity contribution >= 4 is 23.4 Å². The van der Waals surface area contributed by atoms with E-state index in [0.717, 1.165) is 24.4 Å². The highest BCUT2D eigenvalue weighted by Crippen LogP contribution is 2.24. The second-order valence-corrected chi connectivity index (χ2v) is 8.07. The lowest BCUT2D eigenvalue weighted by Gasteiger charge is -2.15. The Morgan fingerprint density at radius 1 is 1.15 bits per heavy atom. The number of nitrogens with zero attached hydrogens (tertiary/aromatic N) is 5. The lowest BCUT2D eigenvalue weighted by molar-refractivity contribution is 0.0526. The highest BCUT2D eigenvalue weighted by molar-refractivity contribution is 6.01. The van der Waals surface area contributed by atoms with E-state index >= 15 is 0 Å². The van der Waals surface area contributed by atoms with Gasteiger partial charge in [-0.15, -0.1) is 0 Å². The second kappa shape index (κ2) is 11.4. The number of hydrogen-bond acceptors (Lipinski definition) is 8. The number of aryl methyl sites for hydroxylation is 2. The topological polar surface area (TPSA) is 114 Å². The van der Waals surface area contributed by atoms with Crippen LogP contribution < -0.4 is 10.6 Å². The summed E-state index contributed by atoms with van der Waals surface area (Å²) in [7, 11) is 3.98. The molecule has 2 aromatic heterocycles. The molecule has 0 aliphatic heterocycles. The van der Waals surface area contributed by atoms with E-state index in [0.29, 0.717) is 23.7 Å². The van der Waals surface area contributed by atoms with Crippen LogP contribution in [0.25, 0.3) is 5.95 Å². The van der Waals surface area contributed by atoms with Gasteiger partial charge in [0.2, 0.25) is 0 Å². The van der Waals surface area contributed by atoms with Gasteiger partial charge >= 0.3 is 5.97 Å². The van der Waals surface area contributed by atoms with Gasteiger partial charge in [0.05, 0.1) is 23.6 Å². The number of hydrogen-bond donors (Lipinski definition) is 2. The van der Waals surface area contributed by atoms with Crippen molar-refractivity contribution in [2.45, 2.75) is 27.2 Å². The van der Waals surface area contributed by atoms with Gasteiger partial charge in [0, 0.05) is 18.4 Å². The fraction of sp³-hybridized carbons (Fsp3) is 0.375. The summed E-state index contributed by atoms with van der Waals surface area (Å²) < 4.78 is 6.77. The molecule has 1 aromatic carbocycles. The van der Waals surface area contributed by atoms with Gasteiger partial charge in [-0.25, -0.2) is 14.5 Å². The number of benzene rings is 1. The molecule has 0 unspecified atom stereocenters. The van der Waals surface area contributed by atoms with Gasteiger partial charge in [0.15, 0.2) is 5.82 Å². The fourth-order valence-corrected chi connectivity index (χ4v) is 3.37. The monoisotopic (exact) mass is 465 g/mol. The summed E-state index contributed by atoms with van der Waals surface area (Å²) in [5.74, 6) is -0.251. The Hall–Kier alpha value is -3.79. The van der Waals surface area contributed by atoms with Crippen LogP contribution >= 0.6 is 0 Å². The molecular formula is C24H31N7O3. The minimum Gasteiger partial charge on any atom is -0.462 e. The van der Waals surface area contributed by atoms with Crippen LogP contribution in [-0.4, -0.2) is 70.3 Å². The van der Waals surface area contributed by atoms with Crippen LogP contribution in [0, 0.1) is 13.8 Å². The van der Waals surface area contributed by atoms with Crippen LogP contribution in [0.2, 0.25) is 0 Å². The number of rotatable bonds is 10. The molecule has 0 aliphatic carbocycles. The van der Waals surface area contributed by atoms with Crippen molar-refractivity contribution in [2.75, 3.05) is 39.1 Å². The number of aromatic nitrogens is 4. The number of amides is 1. The van der Waals surface area contributed by atoms with Crippen molar-refractivity contribution in [3.8, 4) is 5.95 Å². The van der Waals surface area contributed by atoms with Crippen LogP contribution in [0.15, 0.2) is 36.5 Å². The summed E-state index contributed by atoms with van der Waals surface area (Å²) in [6.45, 7) is 7.14. The third-order valence-corrected chi connectivity index (χ3v) is 4.96. The highest BCUT2D eigenvalue weighted by Gasteiger charge is 2.20. The summed E-state index contributed by atoms with van der Waals surface area (Å²) in [5, 5.41) is 10.5. The Bertz CT molecular complexity index is 1160. The van der Waals surface area contributed by atoms with E-state index in [9.17, 15) is 9.59 Å². The van der Waals surface area contributed by atoms with E-state index < -0.39 is 5.97 Å². The standard InChI is InChI=1S/C24H31N7O3/c1-6-34-23(33)19-15-26-24(31-17(3)14-16(2)29-31)28-21(19)27-20-11-8-7-10-18(20)22(32)25-12-9-13-30(4)5/h7-8,10-11,14-15H,6,9,12-13H2,1-5H3,(H,25,32)(H,26,27,28). The van der Waals surface area contributed by atoms with Crippen LogP contribution in [-0.2, 0) is 4.74 Å². The number of carbonyl (C=O) groups is 2. The Balaban J connectivity index is 1.93. The third-order valence-electron chi connectivity index (χ3n) is 4.96. The molecule has 2 N–H and O–H groups in total. The number of ether oxygens (including phenoxy) is 1. The van der Waals surface area contributed by atoms with Crippen molar-refractivity contribution in [3.63, 3.8) is 0 Å². The number of para-hydroxylation sites is 1. The van der Waals surface area contributed by atoms with Gasteiger partial charge in [-0.3, -0.25) is 4.79 Å². The smallest absolute Gasteiger partial charge is 0.343 e. The largest absolute Gasteiger partial charge is 0.462 e. The van der Waals surface area contributed by atoms with Gasteiger partial charge in [-0.2, -0.15) is 10.1 Å². The maximum Gasteiger partial charge on any atom is 0.343 e. The number of nitrogens with one attached hydrogen (secondary N) is 2. The molecule has 180 valence electrons. The lowest BCUT2D eigenvalue weighted by atomic mass is 10.1. The van der Waals surface area contributed by atoms with Crippen molar-refractivity contribution in [3.05, 3.63) is 59.0 Å². The van der Waals surface area contributed by atoms with Crippen LogP contribution in [0.4, 0.5) is 11.5 Å². The molecule has 0 fully saturated rings. The molecule has 10 heteroatoms. The molecule has 2 heterocycles. The molecule has 0 atom stereocenters. The van der Waals surface area contributed by atoms with Crippen molar-refractivity contribution in [2.24, 2.45) is 0 Å². The first-order valence-electron chi connectivity index (χ1n) is 11.2. The van der Waals surface area contributed by atoms with Crippen molar-refractivity contribution < 1.29 is 14.3 Å². The minimum atomic E-state index is -0.560. The van der Waals surface area contributed by atoms with E-state index in [1.165, 1.54) is 6.20 Å². The Morgan fingerprint density at radius 2 is 1.91 bits per heavy atom. The van der Waals surface area contributed by atoms with Crippen LogP contribution in [0.3, 0.4) is 0 Å². The normalized spacial score (nSPS) is 10.9. The van der Waals surface area contributed by atoms with E-state index in [4.69, 9.17) is 4.74 Å². The van der Waals surface area contributed by atoms with Crippen LogP contribution in [0.5, 0.6) is 0 Å². The second-order valence-electron chi connectivity index (χ2n) is 8.07. The number of anilines is 2. The molecule has 0 bridgehead atoms. The highest BCUT2D eigenvalue weighted by atomic mass is 16.5. The maximum absolute atomic E-state index is 12.9. The molecule has 10 nitrogen and oxygen atoms in total. The zero-order valence-corrected chi connectivity index (χ0v) is 20.3. The average molecular weight is 466 g/mol. The molecular weight excluding hydrogens is 434 g/mol. The van der Waals surface area contributed by atoms with E-state index in [-0.39, 0.29) is 23.9 Å². The molecule has 0 spiro atoms. The van der Waals surface area contributed by atoms with E-state index in [1.807, 2.05) is 34.0 Å². The fourth-order valence-electron chi connectivity index (χ4n) is 3.37. The maximum atomic E-state index is 12.9. The molecule has 34 heavy (non-hydrogen) atoms. The van der Waals surface area contributed by atoms with Crippen molar-refractivity contribution in [1.82, 2.24) is 30.0 Å². The summed E-state index contributed by atoms with van der Waals surface area (Å²) in [6.07, 6.45) is 2.24. The first-order valence-corrected chi connectivity index (χ1v) is 11.2. The average Bonchev–Trinajstić information content (AvgIpc) is 3.14.